The lowest BCUT2D eigenvalue weighted by Crippen LogP contribution is -1.99. The molecule has 0 unspecified atom stereocenters. The molecule has 1 aromatic carbocycles. The molecule has 0 saturated heterocycles. The zero-order chi connectivity index (χ0) is 12.4. The average molecular weight is 252 g/mol. The molecule has 0 saturated carbocycles. The summed E-state index contributed by atoms with van der Waals surface area (Å²) >= 11 is 5.76. The number of rotatable bonds is 2. The van der Waals surface area contributed by atoms with Crippen molar-refractivity contribution in [1.82, 2.24) is 4.98 Å². The van der Waals surface area contributed by atoms with Crippen LogP contribution in [0, 0.1) is 12.7 Å². The third-order valence-electron chi connectivity index (χ3n) is 2.33. The van der Waals surface area contributed by atoms with E-state index in [0.29, 0.717) is 27.9 Å². The molecule has 2 aromatic rings. The first-order valence-electron chi connectivity index (χ1n) is 5.01. The van der Waals surface area contributed by atoms with E-state index in [9.17, 15) is 4.39 Å². The predicted octanol–water partition coefficient (Wildman–Crippen LogP) is 3.51. The number of nitrogens with zero attached hydrogens (tertiary/aromatic N) is 1. The van der Waals surface area contributed by atoms with Gasteiger partial charge in [-0.25, -0.2) is 9.37 Å². The van der Waals surface area contributed by atoms with Gasteiger partial charge >= 0.3 is 0 Å². The van der Waals surface area contributed by atoms with E-state index in [4.69, 9.17) is 17.3 Å². The summed E-state index contributed by atoms with van der Waals surface area (Å²) < 4.78 is 13.3. The lowest BCUT2D eigenvalue weighted by Gasteiger charge is -2.09. The summed E-state index contributed by atoms with van der Waals surface area (Å²) in [6, 6.07) is 8.05. The van der Waals surface area contributed by atoms with Gasteiger partial charge in [-0.15, -0.1) is 0 Å². The van der Waals surface area contributed by atoms with Gasteiger partial charge in [0.05, 0.1) is 5.69 Å². The first-order chi connectivity index (χ1) is 8.06. The lowest BCUT2D eigenvalue weighted by atomic mass is 10.2. The van der Waals surface area contributed by atoms with Gasteiger partial charge in [0.15, 0.2) is 5.82 Å². The molecule has 0 fully saturated rings. The molecular weight excluding hydrogens is 241 g/mol. The molecule has 1 heterocycles. The number of nitrogens with one attached hydrogen (secondary N) is 1. The highest BCUT2D eigenvalue weighted by Gasteiger charge is 2.04. The Kier molecular flexibility index (Phi) is 3.15. The monoisotopic (exact) mass is 251 g/mol. The van der Waals surface area contributed by atoms with Crippen molar-refractivity contribution in [1.29, 1.82) is 0 Å². The van der Waals surface area contributed by atoms with Crippen molar-refractivity contribution in [3.63, 3.8) is 0 Å². The van der Waals surface area contributed by atoms with Crippen molar-refractivity contribution >= 4 is 28.8 Å². The van der Waals surface area contributed by atoms with Crippen LogP contribution in [-0.4, -0.2) is 4.98 Å². The molecule has 3 N–H and O–H groups in total. The summed E-state index contributed by atoms with van der Waals surface area (Å²) in [5, 5.41) is 3.25. The molecule has 0 atom stereocenters. The molecule has 0 radical (unpaired) electrons. The number of hydrogen-bond acceptors (Lipinski definition) is 3. The molecule has 2 rings (SSSR count). The molecule has 0 amide bonds. The molecule has 0 aliphatic carbocycles. The summed E-state index contributed by atoms with van der Waals surface area (Å²) in [6.45, 7) is 1.70. The van der Waals surface area contributed by atoms with E-state index in [1.165, 1.54) is 6.07 Å². The Labute approximate surface area is 103 Å². The fraction of sp³-hybridized carbons (Fsp3) is 0.0833. The molecule has 1 aromatic heterocycles. The lowest BCUT2D eigenvalue weighted by molar-refractivity contribution is 0.619. The second-order valence-corrected chi connectivity index (χ2v) is 4.05. The summed E-state index contributed by atoms with van der Waals surface area (Å²) in [4.78, 5) is 4.03. The van der Waals surface area contributed by atoms with E-state index < -0.39 is 0 Å². The zero-order valence-corrected chi connectivity index (χ0v) is 9.92. The van der Waals surface area contributed by atoms with Gasteiger partial charge in [-0.3, -0.25) is 0 Å². The van der Waals surface area contributed by atoms with Gasteiger partial charge in [0, 0.05) is 5.69 Å². The standard InChI is InChI=1S/C12H11ClFN3/c1-7-2-3-8(6-9(7)14)16-12-10(15)4-5-11(13)17-12/h2-6H,15H2,1H3,(H,16,17). The Balaban J connectivity index is 2.31. The topological polar surface area (TPSA) is 50.9 Å². The maximum atomic E-state index is 13.3. The maximum Gasteiger partial charge on any atom is 0.155 e. The Morgan fingerprint density at radius 3 is 2.76 bits per heavy atom. The molecule has 0 aliphatic heterocycles. The van der Waals surface area contributed by atoms with Crippen molar-refractivity contribution in [3.8, 4) is 0 Å². The number of halogens is 2. The Morgan fingerprint density at radius 1 is 1.29 bits per heavy atom. The molecule has 0 spiro atoms. The average Bonchev–Trinajstić information content (AvgIpc) is 2.29. The quantitative estimate of drug-likeness (QED) is 0.803. The number of nitrogen functional groups attached to an aromatic ring is 1. The predicted molar refractivity (Wildman–Crippen MR) is 68.1 cm³/mol. The summed E-state index contributed by atoms with van der Waals surface area (Å²) in [6.07, 6.45) is 0. The fourth-order valence-electron chi connectivity index (χ4n) is 1.35. The van der Waals surface area contributed by atoms with Gasteiger partial charge in [0.2, 0.25) is 0 Å². The SMILES string of the molecule is Cc1ccc(Nc2nc(Cl)ccc2N)cc1F. The van der Waals surface area contributed by atoms with Crippen molar-refractivity contribution < 1.29 is 4.39 Å². The van der Waals surface area contributed by atoms with Crippen LogP contribution in [0.2, 0.25) is 5.15 Å². The zero-order valence-electron chi connectivity index (χ0n) is 9.17. The van der Waals surface area contributed by atoms with Gasteiger partial charge in [0.1, 0.15) is 11.0 Å². The number of nitrogens with two attached hydrogens (primary N) is 1. The van der Waals surface area contributed by atoms with Crippen LogP contribution < -0.4 is 11.1 Å². The first-order valence-corrected chi connectivity index (χ1v) is 5.39. The van der Waals surface area contributed by atoms with Gasteiger partial charge in [-0.2, -0.15) is 0 Å². The normalized spacial score (nSPS) is 10.3. The molecule has 17 heavy (non-hydrogen) atoms. The third kappa shape index (κ3) is 2.65. The smallest absolute Gasteiger partial charge is 0.155 e. The maximum absolute atomic E-state index is 13.3. The largest absolute Gasteiger partial charge is 0.396 e. The number of benzene rings is 1. The number of aryl methyl sites for hydroxylation is 1. The minimum absolute atomic E-state index is 0.282. The van der Waals surface area contributed by atoms with Gasteiger partial charge in [-0.05, 0) is 36.8 Å². The van der Waals surface area contributed by atoms with Gasteiger partial charge < -0.3 is 11.1 Å². The minimum Gasteiger partial charge on any atom is -0.396 e. The van der Waals surface area contributed by atoms with Crippen LogP contribution in [0.3, 0.4) is 0 Å². The first kappa shape index (κ1) is 11.7. The minimum atomic E-state index is -0.282. The Hall–Kier alpha value is -1.81. The molecule has 3 nitrogen and oxygen atoms in total. The molecular formula is C12H11ClFN3. The van der Waals surface area contributed by atoms with Crippen LogP contribution in [-0.2, 0) is 0 Å². The van der Waals surface area contributed by atoms with Crippen molar-refractivity contribution in [2.24, 2.45) is 0 Å². The molecule has 88 valence electrons. The van der Waals surface area contributed by atoms with Gasteiger partial charge in [0.25, 0.3) is 0 Å². The third-order valence-corrected chi connectivity index (χ3v) is 2.54. The van der Waals surface area contributed by atoms with Crippen LogP contribution in [0.25, 0.3) is 0 Å². The molecule has 0 aliphatic rings. The van der Waals surface area contributed by atoms with E-state index in [0.717, 1.165) is 0 Å². The second kappa shape index (κ2) is 4.59. The highest BCUT2D eigenvalue weighted by molar-refractivity contribution is 6.29. The summed E-state index contributed by atoms with van der Waals surface area (Å²) in [7, 11) is 0. The van der Waals surface area contributed by atoms with E-state index in [1.54, 1.807) is 31.2 Å². The Morgan fingerprint density at radius 2 is 2.06 bits per heavy atom. The van der Waals surface area contributed by atoms with Crippen LogP contribution >= 0.6 is 11.6 Å². The van der Waals surface area contributed by atoms with Crippen molar-refractivity contribution in [2.45, 2.75) is 6.92 Å². The number of pyridine rings is 1. The highest BCUT2D eigenvalue weighted by Crippen LogP contribution is 2.23. The summed E-state index contributed by atoms with van der Waals surface area (Å²) in [5.41, 5.74) is 7.35. The van der Waals surface area contributed by atoms with E-state index >= 15 is 0 Å². The van der Waals surface area contributed by atoms with Crippen LogP contribution in [0.1, 0.15) is 5.56 Å². The van der Waals surface area contributed by atoms with Crippen LogP contribution in [0.5, 0.6) is 0 Å². The van der Waals surface area contributed by atoms with Crippen LogP contribution in [0.15, 0.2) is 30.3 Å². The number of aromatic nitrogens is 1. The van der Waals surface area contributed by atoms with Crippen molar-refractivity contribution in [3.05, 3.63) is 46.9 Å². The highest BCUT2D eigenvalue weighted by atomic mass is 35.5. The Bertz CT molecular complexity index is 557. The van der Waals surface area contributed by atoms with E-state index in [1.807, 2.05) is 0 Å². The molecule has 0 bridgehead atoms. The molecule has 5 heteroatoms. The van der Waals surface area contributed by atoms with E-state index in [2.05, 4.69) is 10.3 Å². The summed E-state index contributed by atoms with van der Waals surface area (Å²) in [5.74, 6) is 0.136. The fourth-order valence-corrected chi connectivity index (χ4v) is 1.50. The van der Waals surface area contributed by atoms with Crippen LogP contribution in [0.4, 0.5) is 21.6 Å². The number of hydrogen-bond donors (Lipinski definition) is 2. The van der Waals surface area contributed by atoms with Crippen molar-refractivity contribution in [2.75, 3.05) is 11.1 Å². The van der Waals surface area contributed by atoms with E-state index in [-0.39, 0.29) is 5.82 Å². The van der Waals surface area contributed by atoms with Gasteiger partial charge in [-0.1, -0.05) is 17.7 Å². The number of anilines is 3. The second-order valence-electron chi connectivity index (χ2n) is 3.66.